The van der Waals surface area contributed by atoms with Gasteiger partial charge in [0.1, 0.15) is 11.6 Å². The van der Waals surface area contributed by atoms with Gasteiger partial charge in [0, 0.05) is 18.8 Å². The zero-order valence-electron chi connectivity index (χ0n) is 12.0. The number of nitrogens with zero attached hydrogens (tertiary/aromatic N) is 3. The summed E-state index contributed by atoms with van der Waals surface area (Å²) in [6, 6.07) is 3.74. The first kappa shape index (κ1) is 13.5. The van der Waals surface area contributed by atoms with E-state index in [1.54, 1.807) is 12.4 Å². The van der Waals surface area contributed by atoms with Crippen LogP contribution in [0.1, 0.15) is 25.1 Å². The summed E-state index contributed by atoms with van der Waals surface area (Å²) in [4.78, 5) is 20.5. The van der Waals surface area contributed by atoms with Gasteiger partial charge in [-0.1, -0.05) is 12.2 Å². The molecule has 0 saturated carbocycles. The SMILES string of the molecule is Cc1nccn1-c1ccc(NC(=O)CC2C=CCC2)cn1. The van der Waals surface area contributed by atoms with Gasteiger partial charge in [-0.3, -0.25) is 9.36 Å². The first-order chi connectivity index (χ1) is 10.2. The molecular formula is C16H18N4O. The fraction of sp³-hybridized carbons (Fsp3) is 0.312. The maximum Gasteiger partial charge on any atom is 0.225 e. The molecule has 1 amide bonds. The maximum atomic E-state index is 11.9. The lowest BCUT2D eigenvalue weighted by molar-refractivity contribution is -0.116. The standard InChI is InChI=1S/C16H18N4O/c1-12-17-8-9-20(12)15-7-6-14(11-18-15)19-16(21)10-13-4-2-3-5-13/h2,4,6-9,11,13H,3,5,10H2,1H3,(H,19,21). The molecule has 1 aliphatic rings. The van der Waals surface area contributed by atoms with E-state index in [4.69, 9.17) is 0 Å². The predicted molar refractivity (Wildman–Crippen MR) is 81.2 cm³/mol. The highest BCUT2D eigenvalue weighted by Crippen LogP contribution is 2.21. The van der Waals surface area contributed by atoms with Gasteiger partial charge in [-0.2, -0.15) is 0 Å². The number of aryl methyl sites for hydroxylation is 1. The molecule has 108 valence electrons. The minimum absolute atomic E-state index is 0.0416. The second-order valence-electron chi connectivity index (χ2n) is 5.27. The summed E-state index contributed by atoms with van der Waals surface area (Å²) in [7, 11) is 0. The topological polar surface area (TPSA) is 59.8 Å². The lowest BCUT2D eigenvalue weighted by Crippen LogP contribution is -2.15. The van der Waals surface area contributed by atoms with Crippen molar-refractivity contribution in [2.45, 2.75) is 26.2 Å². The van der Waals surface area contributed by atoms with Gasteiger partial charge in [0.15, 0.2) is 0 Å². The molecule has 0 bridgehead atoms. The Morgan fingerprint density at radius 3 is 2.95 bits per heavy atom. The van der Waals surface area contributed by atoms with Crippen molar-refractivity contribution >= 4 is 11.6 Å². The largest absolute Gasteiger partial charge is 0.325 e. The van der Waals surface area contributed by atoms with Crippen molar-refractivity contribution in [2.24, 2.45) is 5.92 Å². The van der Waals surface area contributed by atoms with Gasteiger partial charge in [-0.15, -0.1) is 0 Å². The third kappa shape index (κ3) is 3.18. The Morgan fingerprint density at radius 1 is 1.43 bits per heavy atom. The van der Waals surface area contributed by atoms with E-state index in [1.807, 2.05) is 29.8 Å². The molecule has 0 spiro atoms. The molecule has 5 heteroatoms. The molecule has 0 fully saturated rings. The van der Waals surface area contributed by atoms with Crippen LogP contribution in [0.3, 0.4) is 0 Å². The van der Waals surface area contributed by atoms with E-state index in [0.717, 1.165) is 30.2 Å². The number of allylic oxidation sites excluding steroid dienone is 2. The minimum Gasteiger partial charge on any atom is -0.325 e. The van der Waals surface area contributed by atoms with Crippen LogP contribution in [0.15, 0.2) is 42.9 Å². The molecule has 1 N–H and O–H groups in total. The fourth-order valence-electron chi connectivity index (χ4n) is 2.54. The van der Waals surface area contributed by atoms with Gasteiger partial charge < -0.3 is 5.32 Å². The molecule has 0 aliphatic heterocycles. The summed E-state index contributed by atoms with van der Waals surface area (Å²) >= 11 is 0. The Hall–Kier alpha value is -2.43. The second-order valence-corrected chi connectivity index (χ2v) is 5.27. The summed E-state index contributed by atoms with van der Waals surface area (Å²) < 4.78 is 1.90. The van der Waals surface area contributed by atoms with E-state index in [9.17, 15) is 4.79 Å². The number of anilines is 1. The zero-order chi connectivity index (χ0) is 14.7. The summed E-state index contributed by atoms with van der Waals surface area (Å²) in [5.41, 5.74) is 0.725. The average molecular weight is 282 g/mol. The molecule has 5 nitrogen and oxygen atoms in total. The number of carbonyl (C=O) groups is 1. The molecule has 0 radical (unpaired) electrons. The van der Waals surface area contributed by atoms with Gasteiger partial charge in [0.25, 0.3) is 0 Å². The number of hydrogen-bond acceptors (Lipinski definition) is 3. The highest BCUT2D eigenvalue weighted by atomic mass is 16.1. The molecule has 1 unspecified atom stereocenters. The van der Waals surface area contributed by atoms with Gasteiger partial charge in [0.2, 0.25) is 5.91 Å². The molecule has 0 saturated heterocycles. The fourth-order valence-corrected chi connectivity index (χ4v) is 2.54. The van der Waals surface area contributed by atoms with Crippen LogP contribution in [-0.4, -0.2) is 20.4 Å². The van der Waals surface area contributed by atoms with Crippen LogP contribution in [-0.2, 0) is 4.79 Å². The van der Waals surface area contributed by atoms with Crippen molar-refractivity contribution in [3.05, 3.63) is 48.7 Å². The number of pyridine rings is 1. The van der Waals surface area contributed by atoms with Gasteiger partial charge in [0.05, 0.1) is 11.9 Å². The molecule has 1 aliphatic carbocycles. The highest BCUT2D eigenvalue weighted by molar-refractivity contribution is 5.90. The van der Waals surface area contributed by atoms with E-state index in [-0.39, 0.29) is 5.91 Å². The predicted octanol–water partition coefficient (Wildman–Crippen LogP) is 2.87. The van der Waals surface area contributed by atoms with Crippen LogP contribution in [0.4, 0.5) is 5.69 Å². The molecule has 2 aromatic heterocycles. The number of amides is 1. The number of nitrogens with one attached hydrogen (secondary N) is 1. The Kier molecular flexibility index (Phi) is 3.81. The molecule has 0 aromatic carbocycles. The van der Waals surface area contributed by atoms with Crippen molar-refractivity contribution in [2.75, 3.05) is 5.32 Å². The van der Waals surface area contributed by atoms with Crippen LogP contribution in [0.5, 0.6) is 0 Å². The first-order valence-corrected chi connectivity index (χ1v) is 7.15. The van der Waals surface area contributed by atoms with E-state index in [1.165, 1.54) is 0 Å². The number of aromatic nitrogens is 3. The van der Waals surface area contributed by atoms with Crippen LogP contribution in [0.25, 0.3) is 5.82 Å². The number of rotatable bonds is 4. The maximum absolute atomic E-state index is 11.9. The molecule has 2 heterocycles. The van der Waals surface area contributed by atoms with Gasteiger partial charge >= 0.3 is 0 Å². The van der Waals surface area contributed by atoms with Crippen molar-refractivity contribution in [1.29, 1.82) is 0 Å². The summed E-state index contributed by atoms with van der Waals surface area (Å²) in [5.74, 6) is 2.10. The second kappa shape index (κ2) is 5.91. The quantitative estimate of drug-likeness (QED) is 0.877. The highest BCUT2D eigenvalue weighted by Gasteiger charge is 2.14. The molecule has 1 atom stereocenters. The number of carbonyl (C=O) groups excluding carboxylic acids is 1. The average Bonchev–Trinajstić information content (AvgIpc) is 3.11. The minimum atomic E-state index is 0.0416. The third-order valence-electron chi connectivity index (χ3n) is 3.66. The molecule has 2 aromatic rings. The lowest BCUT2D eigenvalue weighted by Gasteiger charge is -2.09. The Morgan fingerprint density at radius 2 is 2.33 bits per heavy atom. The van der Waals surface area contributed by atoms with Gasteiger partial charge in [-0.05, 0) is 37.8 Å². The molecule has 3 rings (SSSR count). The molecular weight excluding hydrogens is 264 g/mol. The van der Waals surface area contributed by atoms with Gasteiger partial charge in [-0.25, -0.2) is 9.97 Å². The van der Waals surface area contributed by atoms with E-state index in [2.05, 4.69) is 27.4 Å². The third-order valence-corrected chi connectivity index (χ3v) is 3.66. The first-order valence-electron chi connectivity index (χ1n) is 7.15. The Labute approximate surface area is 123 Å². The van der Waals surface area contributed by atoms with Crippen molar-refractivity contribution in [3.8, 4) is 5.82 Å². The normalized spacial score (nSPS) is 17.1. The van der Waals surface area contributed by atoms with Crippen molar-refractivity contribution in [3.63, 3.8) is 0 Å². The Balaban J connectivity index is 1.63. The zero-order valence-corrected chi connectivity index (χ0v) is 12.0. The summed E-state index contributed by atoms with van der Waals surface area (Å²) in [6.45, 7) is 1.92. The van der Waals surface area contributed by atoms with Crippen molar-refractivity contribution in [1.82, 2.24) is 14.5 Å². The Bertz CT molecular complexity index is 657. The van der Waals surface area contributed by atoms with E-state index in [0.29, 0.717) is 12.3 Å². The van der Waals surface area contributed by atoms with Crippen LogP contribution < -0.4 is 5.32 Å². The monoisotopic (exact) mass is 282 g/mol. The molecule has 21 heavy (non-hydrogen) atoms. The van der Waals surface area contributed by atoms with Crippen LogP contribution in [0.2, 0.25) is 0 Å². The lowest BCUT2D eigenvalue weighted by atomic mass is 10.1. The summed E-state index contributed by atoms with van der Waals surface area (Å²) in [6.07, 6.45) is 12.2. The van der Waals surface area contributed by atoms with Crippen LogP contribution >= 0.6 is 0 Å². The van der Waals surface area contributed by atoms with Crippen LogP contribution in [0, 0.1) is 12.8 Å². The summed E-state index contributed by atoms with van der Waals surface area (Å²) in [5, 5.41) is 2.90. The number of hydrogen-bond donors (Lipinski definition) is 1. The smallest absolute Gasteiger partial charge is 0.225 e. The van der Waals surface area contributed by atoms with Crippen molar-refractivity contribution < 1.29 is 4.79 Å². The number of imidazole rings is 1. The van der Waals surface area contributed by atoms with E-state index >= 15 is 0 Å². The van der Waals surface area contributed by atoms with E-state index < -0.39 is 0 Å².